The van der Waals surface area contributed by atoms with Gasteiger partial charge in [0, 0.05) is 13.1 Å². The summed E-state index contributed by atoms with van der Waals surface area (Å²) >= 11 is 0. The van der Waals surface area contributed by atoms with Crippen LogP contribution in [0.4, 0.5) is 0 Å². The number of rotatable bonds is 6. The standard InChI is InChI=1S/C18H33NO14/c20-3-7-10(25)11(26)13(28)17(30-7)33-16-8(4-21)31-18(14(29)12(16)27)32-15-6(23)2-19-1-5(22)9(15)24/h5-29H,1-4H2/t5-,6+,7+,8+,9+,10+,11-,12+,13+,14+,15+,16+,17+,18+/m0/s1. The Labute approximate surface area is 188 Å². The Morgan fingerprint density at radius 2 is 1.09 bits per heavy atom. The zero-order valence-corrected chi connectivity index (χ0v) is 17.5. The first kappa shape index (κ1) is 27.0. The van der Waals surface area contributed by atoms with Crippen molar-refractivity contribution >= 4 is 0 Å². The topological polar surface area (TPSA) is 251 Å². The van der Waals surface area contributed by atoms with E-state index in [1.807, 2.05) is 0 Å². The van der Waals surface area contributed by atoms with E-state index in [1.54, 1.807) is 0 Å². The van der Waals surface area contributed by atoms with Crippen molar-refractivity contribution in [1.82, 2.24) is 5.32 Å². The first-order chi connectivity index (χ1) is 15.6. The summed E-state index contributed by atoms with van der Waals surface area (Å²) in [5.74, 6) is 0. The molecule has 11 N–H and O–H groups in total. The molecule has 3 aliphatic rings. The van der Waals surface area contributed by atoms with Crippen molar-refractivity contribution in [3.63, 3.8) is 0 Å². The maximum absolute atomic E-state index is 10.6. The molecule has 33 heavy (non-hydrogen) atoms. The molecule has 0 aromatic rings. The second kappa shape index (κ2) is 11.4. The van der Waals surface area contributed by atoms with Crippen molar-refractivity contribution in [1.29, 1.82) is 0 Å². The Hall–Kier alpha value is -0.600. The van der Waals surface area contributed by atoms with E-state index < -0.39 is 99.0 Å². The summed E-state index contributed by atoms with van der Waals surface area (Å²) in [5, 5.41) is 103. The molecule has 0 aromatic carbocycles. The van der Waals surface area contributed by atoms with Gasteiger partial charge in [-0.2, -0.15) is 0 Å². The highest BCUT2D eigenvalue weighted by Gasteiger charge is 2.52. The van der Waals surface area contributed by atoms with Crippen molar-refractivity contribution in [2.75, 3.05) is 26.3 Å². The molecule has 15 heteroatoms. The second-order valence-corrected chi connectivity index (χ2v) is 8.39. The number of β-amino-alcohol motifs (C(OH)–C–C–N with tert-alkyl or cyclic N) is 2. The van der Waals surface area contributed by atoms with E-state index in [0.29, 0.717) is 0 Å². The van der Waals surface area contributed by atoms with Gasteiger partial charge in [-0.1, -0.05) is 0 Å². The molecule has 0 amide bonds. The summed E-state index contributed by atoms with van der Waals surface area (Å²) in [5.41, 5.74) is 0. The largest absolute Gasteiger partial charge is 0.394 e. The third-order valence-corrected chi connectivity index (χ3v) is 6.07. The monoisotopic (exact) mass is 487 g/mol. The summed E-state index contributed by atoms with van der Waals surface area (Å²) in [6.45, 7) is -1.56. The number of aliphatic hydroxyl groups excluding tert-OH is 10. The van der Waals surface area contributed by atoms with Crippen molar-refractivity contribution < 1.29 is 70.0 Å². The number of aliphatic hydroxyl groups is 10. The zero-order chi connectivity index (χ0) is 24.4. The molecule has 3 fully saturated rings. The van der Waals surface area contributed by atoms with Gasteiger partial charge in [-0.05, 0) is 0 Å². The van der Waals surface area contributed by atoms with Gasteiger partial charge in [0.25, 0.3) is 0 Å². The Morgan fingerprint density at radius 3 is 1.70 bits per heavy atom. The van der Waals surface area contributed by atoms with Gasteiger partial charge in [0.05, 0.1) is 25.4 Å². The van der Waals surface area contributed by atoms with Gasteiger partial charge < -0.3 is 75.3 Å². The predicted molar refractivity (Wildman–Crippen MR) is 102 cm³/mol. The highest BCUT2D eigenvalue weighted by atomic mass is 16.7. The summed E-state index contributed by atoms with van der Waals surface area (Å²) < 4.78 is 21.6. The number of ether oxygens (including phenoxy) is 4. The van der Waals surface area contributed by atoms with Crippen molar-refractivity contribution in [2.24, 2.45) is 0 Å². The lowest BCUT2D eigenvalue weighted by Gasteiger charge is -2.46. The van der Waals surface area contributed by atoms with Crippen LogP contribution >= 0.6 is 0 Å². The Kier molecular flexibility index (Phi) is 9.35. The fourth-order valence-electron chi connectivity index (χ4n) is 4.06. The van der Waals surface area contributed by atoms with Crippen LogP contribution in [0.25, 0.3) is 0 Å². The molecule has 14 atom stereocenters. The normalized spacial score (nSPS) is 51.8. The lowest BCUT2D eigenvalue weighted by Crippen LogP contribution is -2.65. The van der Waals surface area contributed by atoms with Crippen LogP contribution < -0.4 is 5.32 Å². The molecular weight excluding hydrogens is 454 g/mol. The summed E-state index contributed by atoms with van der Waals surface area (Å²) in [7, 11) is 0. The molecule has 0 unspecified atom stereocenters. The highest BCUT2D eigenvalue weighted by molar-refractivity contribution is 4.95. The van der Waals surface area contributed by atoms with Crippen LogP contribution in [0.2, 0.25) is 0 Å². The molecule has 3 aliphatic heterocycles. The maximum atomic E-state index is 10.6. The van der Waals surface area contributed by atoms with E-state index in [0.717, 1.165) is 0 Å². The fourth-order valence-corrected chi connectivity index (χ4v) is 4.06. The molecule has 15 nitrogen and oxygen atoms in total. The van der Waals surface area contributed by atoms with Crippen LogP contribution in [0, 0.1) is 0 Å². The highest BCUT2D eigenvalue weighted by Crippen LogP contribution is 2.30. The van der Waals surface area contributed by atoms with Crippen molar-refractivity contribution in [2.45, 2.75) is 85.8 Å². The Bertz CT molecular complexity index is 613. The minimum Gasteiger partial charge on any atom is -0.394 e. The number of nitrogens with one attached hydrogen (secondary N) is 1. The fraction of sp³-hybridized carbons (Fsp3) is 1.00. The third kappa shape index (κ3) is 5.64. The molecule has 0 radical (unpaired) electrons. The lowest BCUT2D eigenvalue weighted by molar-refractivity contribution is -0.367. The molecule has 0 saturated carbocycles. The molecule has 3 rings (SSSR count). The predicted octanol–water partition coefficient (Wildman–Crippen LogP) is -7.32. The summed E-state index contributed by atoms with van der Waals surface area (Å²) in [6.07, 6.45) is -21.9. The van der Waals surface area contributed by atoms with Gasteiger partial charge in [-0.25, -0.2) is 0 Å². The van der Waals surface area contributed by atoms with Crippen LogP contribution in [0.15, 0.2) is 0 Å². The Morgan fingerprint density at radius 1 is 0.576 bits per heavy atom. The molecule has 3 heterocycles. The van der Waals surface area contributed by atoms with Crippen LogP contribution in [0.1, 0.15) is 0 Å². The van der Waals surface area contributed by atoms with Gasteiger partial charge in [0.15, 0.2) is 12.6 Å². The molecule has 0 aliphatic carbocycles. The summed E-state index contributed by atoms with van der Waals surface area (Å²) in [4.78, 5) is 0. The number of hydrogen-bond donors (Lipinski definition) is 11. The first-order valence-electron chi connectivity index (χ1n) is 10.6. The Balaban J connectivity index is 1.71. The SMILES string of the molecule is OC[C@H]1O[C@H](O[C@H]2[C@H](O)[C@@H](O)[C@@H](O[C@H]3[C@H](O)[C@@H](O)CNC[C@H]3O)O[C@@H]2CO)[C@H](O)[C@@H](O)[C@@H]1O. The molecule has 0 spiro atoms. The average Bonchev–Trinajstić information content (AvgIpc) is 2.91. The number of hydrogen-bond acceptors (Lipinski definition) is 15. The van der Waals surface area contributed by atoms with E-state index in [2.05, 4.69) is 5.32 Å². The van der Waals surface area contributed by atoms with Crippen molar-refractivity contribution in [3.05, 3.63) is 0 Å². The minimum atomic E-state index is -1.84. The first-order valence-corrected chi connectivity index (χ1v) is 10.6. The van der Waals surface area contributed by atoms with Gasteiger partial charge in [0.2, 0.25) is 0 Å². The smallest absolute Gasteiger partial charge is 0.187 e. The molecular formula is C18H33NO14. The van der Waals surface area contributed by atoms with Crippen LogP contribution in [-0.2, 0) is 18.9 Å². The third-order valence-electron chi connectivity index (χ3n) is 6.07. The van der Waals surface area contributed by atoms with E-state index >= 15 is 0 Å². The van der Waals surface area contributed by atoms with Crippen molar-refractivity contribution in [3.8, 4) is 0 Å². The minimum absolute atomic E-state index is 0.0247. The average molecular weight is 487 g/mol. The van der Waals surface area contributed by atoms with Crippen LogP contribution in [0.3, 0.4) is 0 Å². The van der Waals surface area contributed by atoms with E-state index in [4.69, 9.17) is 18.9 Å². The van der Waals surface area contributed by atoms with Gasteiger partial charge in [0.1, 0.15) is 61.0 Å². The maximum Gasteiger partial charge on any atom is 0.187 e. The van der Waals surface area contributed by atoms with E-state index in [1.165, 1.54) is 0 Å². The van der Waals surface area contributed by atoms with Gasteiger partial charge in [-0.3, -0.25) is 0 Å². The lowest BCUT2D eigenvalue weighted by atomic mass is 9.96. The quantitative estimate of drug-likeness (QED) is 0.166. The molecule has 0 bridgehead atoms. The van der Waals surface area contributed by atoms with Crippen LogP contribution in [0.5, 0.6) is 0 Å². The van der Waals surface area contributed by atoms with E-state index in [9.17, 15) is 51.1 Å². The second-order valence-electron chi connectivity index (χ2n) is 8.39. The van der Waals surface area contributed by atoms with Gasteiger partial charge in [-0.15, -0.1) is 0 Å². The molecule has 3 saturated heterocycles. The molecule has 194 valence electrons. The molecule has 0 aromatic heterocycles. The van der Waals surface area contributed by atoms with Gasteiger partial charge >= 0.3 is 0 Å². The van der Waals surface area contributed by atoms with Crippen LogP contribution in [-0.4, -0.2) is 163 Å². The zero-order valence-electron chi connectivity index (χ0n) is 17.5. The summed E-state index contributed by atoms with van der Waals surface area (Å²) in [6, 6.07) is 0. The van der Waals surface area contributed by atoms with E-state index in [-0.39, 0.29) is 13.1 Å².